The predicted molar refractivity (Wildman–Crippen MR) is 82.6 cm³/mol. The monoisotopic (exact) mass is 266 g/mol. The number of hydrogen-bond donors (Lipinski definition) is 1. The fraction of sp³-hybridized carbons (Fsp3) is 0.625. The summed E-state index contributed by atoms with van der Waals surface area (Å²) in [6.07, 6.45) is 6.48. The van der Waals surface area contributed by atoms with E-state index in [4.69, 9.17) is 4.74 Å². The summed E-state index contributed by atoms with van der Waals surface area (Å²) < 4.78 is 5.77. The van der Waals surface area contributed by atoms with Crippen LogP contribution in [-0.2, 0) is 4.74 Å². The van der Waals surface area contributed by atoms with Gasteiger partial charge in [0.05, 0.1) is 6.61 Å². The van der Waals surface area contributed by atoms with Crippen LogP contribution in [0.15, 0.2) is 30.3 Å². The van der Waals surface area contributed by atoms with Crippen LogP contribution in [-0.4, -0.2) is 19.0 Å². The largest absolute Gasteiger partial charge is 0.381 e. The molecule has 0 aliphatic rings. The molecule has 0 amide bonds. The molecule has 0 saturated heterocycles. The van der Waals surface area contributed by atoms with E-state index in [0.717, 1.165) is 19.0 Å². The number of benzene rings is 1. The second-order valence-corrected chi connectivity index (χ2v) is 5.14. The van der Waals surface area contributed by atoms with Gasteiger partial charge in [-0.3, -0.25) is 0 Å². The molecule has 0 saturated carbocycles. The Morgan fingerprint density at radius 3 is 2.44 bits per heavy atom. The molecule has 0 aromatic heterocycles. The van der Waals surface area contributed by atoms with Crippen molar-refractivity contribution in [1.29, 1.82) is 0 Å². The first kappa shape index (κ1) is 15.6. The minimum Gasteiger partial charge on any atom is -0.381 e. The molecule has 18 heavy (non-hydrogen) atoms. The molecule has 2 heteroatoms. The van der Waals surface area contributed by atoms with E-state index >= 15 is 0 Å². The summed E-state index contributed by atoms with van der Waals surface area (Å²) in [5.74, 6) is 1.27. The molecular weight excluding hydrogens is 240 g/mol. The molecule has 1 atom stereocenters. The zero-order valence-electron chi connectivity index (χ0n) is 11.5. The first-order valence-electron chi connectivity index (χ1n) is 7.12. The van der Waals surface area contributed by atoms with Crippen molar-refractivity contribution in [3.63, 3.8) is 0 Å². The Morgan fingerprint density at radius 1 is 1.06 bits per heavy atom. The molecule has 0 bridgehead atoms. The number of ether oxygens (including phenoxy) is 1. The molecule has 102 valence electrons. The molecule has 0 aliphatic carbocycles. The molecule has 1 nitrogen and oxygen atoms in total. The van der Waals surface area contributed by atoms with Crippen LogP contribution in [0.2, 0.25) is 0 Å². The van der Waals surface area contributed by atoms with Crippen LogP contribution in [0.3, 0.4) is 0 Å². The van der Waals surface area contributed by atoms with Crippen molar-refractivity contribution in [3.8, 4) is 0 Å². The Hall–Kier alpha value is -0.470. The average molecular weight is 266 g/mol. The van der Waals surface area contributed by atoms with E-state index in [1.807, 2.05) is 6.07 Å². The van der Waals surface area contributed by atoms with Crippen molar-refractivity contribution in [2.75, 3.05) is 19.0 Å². The van der Waals surface area contributed by atoms with Crippen LogP contribution in [0.25, 0.3) is 0 Å². The van der Waals surface area contributed by atoms with Gasteiger partial charge in [0, 0.05) is 12.5 Å². The fourth-order valence-corrected chi connectivity index (χ4v) is 2.33. The molecular formula is C16H26OS. The van der Waals surface area contributed by atoms with E-state index < -0.39 is 0 Å². The van der Waals surface area contributed by atoms with Crippen LogP contribution in [0.4, 0.5) is 0 Å². The van der Waals surface area contributed by atoms with Crippen molar-refractivity contribution in [1.82, 2.24) is 0 Å². The lowest BCUT2D eigenvalue weighted by molar-refractivity contribution is 0.120. The Morgan fingerprint density at radius 2 is 1.78 bits per heavy atom. The molecule has 0 fully saturated rings. The van der Waals surface area contributed by atoms with Crippen molar-refractivity contribution in [2.24, 2.45) is 0 Å². The van der Waals surface area contributed by atoms with Crippen LogP contribution in [0.1, 0.15) is 50.5 Å². The highest BCUT2D eigenvalue weighted by Gasteiger charge is 2.08. The lowest BCUT2D eigenvalue weighted by Crippen LogP contribution is -2.10. The van der Waals surface area contributed by atoms with Gasteiger partial charge >= 0.3 is 0 Å². The highest BCUT2D eigenvalue weighted by molar-refractivity contribution is 7.80. The maximum Gasteiger partial charge on any atom is 0.0542 e. The normalized spacial score (nSPS) is 12.6. The summed E-state index contributed by atoms with van der Waals surface area (Å²) in [5.41, 5.74) is 1.33. The number of thiol groups is 1. The molecule has 0 N–H and O–H groups in total. The van der Waals surface area contributed by atoms with Gasteiger partial charge in [0.15, 0.2) is 0 Å². The zero-order chi connectivity index (χ0) is 13.1. The number of unbranched alkanes of at least 4 members (excludes halogenated alkanes) is 4. The van der Waals surface area contributed by atoms with E-state index in [-0.39, 0.29) is 0 Å². The summed E-state index contributed by atoms with van der Waals surface area (Å²) in [7, 11) is 0. The maximum absolute atomic E-state index is 5.77. The topological polar surface area (TPSA) is 9.23 Å². The third-order valence-corrected chi connectivity index (χ3v) is 3.64. The van der Waals surface area contributed by atoms with Crippen LogP contribution < -0.4 is 0 Å². The van der Waals surface area contributed by atoms with Gasteiger partial charge in [0.25, 0.3) is 0 Å². The smallest absolute Gasteiger partial charge is 0.0542 e. The Labute approximate surface area is 117 Å². The molecule has 1 aromatic carbocycles. The van der Waals surface area contributed by atoms with E-state index in [1.54, 1.807) is 0 Å². The highest BCUT2D eigenvalue weighted by atomic mass is 32.1. The van der Waals surface area contributed by atoms with E-state index in [0.29, 0.717) is 5.92 Å². The Balaban J connectivity index is 2.13. The standard InChI is InChI=1S/C16H26OS/c1-2-3-4-5-9-12-17-13-16(14-18)15-10-7-6-8-11-15/h6-8,10-11,16,18H,2-5,9,12-14H2,1H3. The minimum absolute atomic E-state index is 0.421. The second-order valence-electron chi connectivity index (χ2n) is 4.78. The SMILES string of the molecule is CCCCCCCOCC(CS)c1ccccc1. The number of rotatable bonds is 10. The van der Waals surface area contributed by atoms with E-state index in [2.05, 4.69) is 43.8 Å². The molecule has 0 radical (unpaired) electrons. The first-order valence-corrected chi connectivity index (χ1v) is 7.75. The van der Waals surface area contributed by atoms with Gasteiger partial charge < -0.3 is 4.74 Å². The van der Waals surface area contributed by atoms with Crippen molar-refractivity contribution in [3.05, 3.63) is 35.9 Å². The Kier molecular flexibility index (Phi) is 9.05. The molecule has 0 spiro atoms. The lowest BCUT2D eigenvalue weighted by Gasteiger charge is -2.15. The zero-order valence-corrected chi connectivity index (χ0v) is 12.4. The van der Waals surface area contributed by atoms with Gasteiger partial charge in [0.1, 0.15) is 0 Å². The summed E-state index contributed by atoms with van der Waals surface area (Å²) in [5, 5.41) is 0. The van der Waals surface area contributed by atoms with Gasteiger partial charge in [0.2, 0.25) is 0 Å². The highest BCUT2D eigenvalue weighted by Crippen LogP contribution is 2.17. The van der Waals surface area contributed by atoms with Crippen molar-refractivity contribution >= 4 is 12.6 Å². The van der Waals surface area contributed by atoms with Crippen molar-refractivity contribution in [2.45, 2.75) is 44.9 Å². The van der Waals surface area contributed by atoms with Crippen LogP contribution in [0.5, 0.6) is 0 Å². The predicted octanol–water partition coefficient (Wildman–Crippen LogP) is 4.69. The third-order valence-electron chi connectivity index (χ3n) is 3.20. The third kappa shape index (κ3) is 6.46. The molecule has 1 unspecified atom stereocenters. The first-order chi connectivity index (χ1) is 8.88. The summed E-state index contributed by atoms with van der Waals surface area (Å²) in [6.45, 7) is 3.93. The molecule has 0 aliphatic heterocycles. The Bertz CT molecular complexity index is 286. The molecule has 0 heterocycles. The summed E-state index contributed by atoms with van der Waals surface area (Å²) in [4.78, 5) is 0. The summed E-state index contributed by atoms with van der Waals surface area (Å²) >= 11 is 4.42. The average Bonchev–Trinajstić information content (AvgIpc) is 2.43. The van der Waals surface area contributed by atoms with Gasteiger partial charge in [-0.15, -0.1) is 0 Å². The maximum atomic E-state index is 5.77. The van der Waals surface area contributed by atoms with Crippen LogP contribution in [0, 0.1) is 0 Å². The summed E-state index contributed by atoms with van der Waals surface area (Å²) in [6, 6.07) is 10.5. The van der Waals surface area contributed by atoms with Gasteiger partial charge in [-0.2, -0.15) is 12.6 Å². The van der Waals surface area contributed by atoms with Crippen molar-refractivity contribution < 1.29 is 4.74 Å². The quantitative estimate of drug-likeness (QED) is 0.477. The second kappa shape index (κ2) is 10.5. The fourth-order valence-electron chi connectivity index (χ4n) is 2.01. The van der Waals surface area contributed by atoms with Gasteiger partial charge in [-0.25, -0.2) is 0 Å². The molecule has 1 aromatic rings. The van der Waals surface area contributed by atoms with Gasteiger partial charge in [-0.05, 0) is 17.7 Å². The van der Waals surface area contributed by atoms with E-state index in [1.165, 1.54) is 37.7 Å². The molecule has 1 rings (SSSR count). The van der Waals surface area contributed by atoms with E-state index in [9.17, 15) is 0 Å². The van der Waals surface area contributed by atoms with Gasteiger partial charge in [-0.1, -0.05) is 62.9 Å². The van der Waals surface area contributed by atoms with Crippen LogP contribution >= 0.6 is 12.6 Å². The lowest BCUT2D eigenvalue weighted by atomic mass is 10.0. The number of hydrogen-bond acceptors (Lipinski definition) is 2. The minimum atomic E-state index is 0.421.